The van der Waals surface area contributed by atoms with Crippen LogP contribution in [0.4, 0.5) is 0 Å². The average Bonchev–Trinajstić information content (AvgIpc) is 2.69. The summed E-state index contributed by atoms with van der Waals surface area (Å²) in [4.78, 5) is 0. The Bertz CT molecular complexity index is 700. The average molecular weight is 327 g/mol. The SMILES string of the molecule is Cc1cc(C)c(-c2cc3c(cc2Br)C=CC3C)c(C)c1. The summed E-state index contributed by atoms with van der Waals surface area (Å²) in [5.41, 5.74) is 9.48. The third-order valence-corrected chi connectivity index (χ3v) is 4.83. The summed E-state index contributed by atoms with van der Waals surface area (Å²) in [5, 5.41) is 0. The highest BCUT2D eigenvalue weighted by Gasteiger charge is 2.18. The molecule has 1 aliphatic carbocycles. The molecule has 0 saturated carbocycles. The van der Waals surface area contributed by atoms with Crippen LogP contribution in [-0.4, -0.2) is 0 Å². The summed E-state index contributed by atoms with van der Waals surface area (Å²) < 4.78 is 1.19. The van der Waals surface area contributed by atoms with Gasteiger partial charge in [0.05, 0.1) is 0 Å². The molecule has 2 aromatic rings. The van der Waals surface area contributed by atoms with E-state index >= 15 is 0 Å². The van der Waals surface area contributed by atoms with Crippen molar-refractivity contribution in [3.63, 3.8) is 0 Å². The van der Waals surface area contributed by atoms with Crippen LogP contribution in [0.2, 0.25) is 0 Å². The van der Waals surface area contributed by atoms with Crippen molar-refractivity contribution in [2.75, 3.05) is 0 Å². The molecule has 0 fully saturated rings. The van der Waals surface area contributed by atoms with E-state index in [0.29, 0.717) is 5.92 Å². The normalized spacial score (nSPS) is 16.6. The molecule has 0 aromatic heterocycles. The first-order valence-corrected chi connectivity index (χ1v) is 7.86. The van der Waals surface area contributed by atoms with Crippen molar-refractivity contribution in [3.8, 4) is 11.1 Å². The number of aryl methyl sites for hydroxylation is 3. The molecule has 102 valence electrons. The minimum atomic E-state index is 0.517. The van der Waals surface area contributed by atoms with E-state index in [4.69, 9.17) is 0 Å². The number of rotatable bonds is 1. The Morgan fingerprint density at radius 2 is 1.60 bits per heavy atom. The zero-order valence-corrected chi connectivity index (χ0v) is 14.0. The van der Waals surface area contributed by atoms with E-state index in [1.807, 2.05) is 0 Å². The lowest BCUT2D eigenvalue weighted by molar-refractivity contribution is 0.990. The van der Waals surface area contributed by atoms with Crippen LogP contribution in [0.5, 0.6) is 0 Å². The summed E-state index contributed by atoms with van der Waals surface area (Å²) in [5.74, 6) is 0.517. The first kappa shape index (κ1) is 13.6. The molecule has 0 saturated heterocycles. The molecule has 0 N–H and O–H groups in total. The molecule has 0 amide bonds. The highest BCUT2D eigenvalue weighted by molar-refractivity contribution is 9.10. The molecular formula is C19H19Br. The zero-order chi connectivity index (χ0) is 14.4. The van der Waals surface area contributed by atoms with Crippen molar-refractivity contribution < 1.29 is 0 Å². The summed E-state index contributed by atoms with van der Waals surface area (Å²) >= 11 is 3.76. The molecule has 0 spiro atoms. The first-order valence-electron chi connectivity index (χ1n) is 7.07. The van der Waals surface area contributed by atoms with Gasteiger partial charge in [-0.1, -0.05) is 52.7 Å². The Hall–Kier alpha value is -1.34. The van der Waals surface area contributed by atoms with Gasteiger partial charge in [-0.3, -0.25) is 0 Å². The molecule has 20 heavy (non-hydrogen) atoms. The van der Waals surface area contributed by atoms with E-state index < -0.39 is 0 Å². The predicted molar refractivity (Wildman–Crippen MR) is 91.2 cm³/mol. The van der Waals surface area contributed by atoms with Crippen molar-refractivity contribution in [2.45, 2.75) is 33.6 Å². The Morgan fingerprint density at radius 1 is 0.950 bits per heavy atom. The predicted octanol–water partition coefficient (Wildman–Crippen LogP) is 6.17. The molecule has 1 atom stereocenters. The summed E-state index contributed by atoms with van der Waals surface area (Å²) in [7, 11) is 0. The van der Waals surface area contributed by atoms with Crippen LogP contribution >= 0.6 is 15.9 Å². The highest BCUT2D eigenvalue weighted by atomic mass is 79.9. The third-order valence-electron chi connectivity index (χ3n) is 4.17. The van der Waals surface area contributed by atoms with E-state index in [0.717, 1.165) is 0 Å². The van der Waals surface area contributed by atoms with Crippen LogP contribution in [0.3, 0.4) is 0 Å². The number of benzene rings is 2. The van der Waals surface area contributed by atoms with E-state index in [1.165, 1.54) is 43.4 Å². The molecule has 1 aliphatic rings. The summed E-state index contributed by atoms with van der Waals surface area (Å²) in [6.45, 7) is 8.83. The van der Waals surface area contributed by atoms with Gasteiger partial charge in [-0.05, 0) is 72.2 Å². The van der Waals surface area contributed by atoms with Crippen LogP contribution in [0.15, 0.2) is 34.8 Å². The standard InChI is InChI=1S/C19H19Br/c1-11-7-13(3)19(14(4)8-11)17-10-16-12(2)5-6-15(16)9-18(17)20/h5-10,12H,1-4H3. The minimum absolute atomic E-state index is 0.517. The number of allylic oxidation sites excluding steroid dienone is 1. The third kappa shape index (κ3) is 2.14. The Kier molecular flexibility index (Phi) is 3.33. The minimum Gasteiger partial charge on any atom is -0.0767 e. The largest absolute Gasteiger partial charge is 0.0767 e. The lowest BCUT2D eigenvalue weighted by Crippen LogP contribution is -1.95. The Balaban J connectivity index is 2.24. The fourth-order valence-corrected chi connectivity index (χ4v) is 3.85. The van der Waals surface area contributed by atoms with Gasteiger partial charge in [0.1, 0.15) is 0 Å². The van der Waals surface area contributed by atoms with Crippen LogP contribution in [0, 0.1) is 20.8 Å². The van der Waals surface area contributed by atoms with Crippen LogP contribution in [-0.2, 0) is 0 Å². The lowest BCUT2D eigenvalue weighted by Gasteiger charge is -2.16. The van der Waals surface area contributed by atoms with E-state index in [1.54, 1.807) is 0 Å². The second-order valence-corrected chi connectivity index (χ2v) is 6.74. The smallest absolute Gasteiger partial charge is 0.0260 e. The molecule has 0 radical (unpaired) electrons. The maximum atomic E-state index is 3.76. The number of hydrogen-bond acceptors (Lipinski definition) is 0. The highest BCUT2D eigenvalue weighted by Crippen LogP contribution is 2.40. The van der Waals surface area contributed by atoms with Gasteiger partial charge in [0.25, 0.3) is 0 Å². The summed E-state index contributed by atoms with van der Waals surface area (Å²) in [6.07, 6.45) is 4.50. The molecule has 3 rings (SSSR count). The lowest BCUT2D eigenvalue weighted by atomic mass is 9.90. The molecule has 1 heteroatoms. The van der Waals surface area contributed by atoms with Gasteiger partial charge in [-0.2, -0.15) is 0 Å². The molecule has 2 aromatic carbocycles. The summed E-state index contributed by atoms with van der Waals surface area (Å²) in [6, 6.07) is 9.14. The zero-order valence-electron chi connectivity index (χ0n) is 12.4. The number of hydrogen-bond donors (Lipinski definition) is 0. The Labute approximate surface area is 129 Å². The fraction of sp³-hybridized carbons (Fsp3) is 0.263. The number of halogens is 1. The van der Waals surface area contributed by atoms with Crippen molar-refractivity contribution in [1.82, 2.24) is 0 Å². The topological polar surface area (TPSA) is 0 Å². The van der Waals surface area contributed by atoms with Crippen LogP contribution in [0.25, 0.3) is 17.2 Å². The van der Waals surface area contributed by atoms with Crippen molar-refractivity contribution in [2.24, 2.45) is 0 Å². The maximum absolute atomic E-state index is 3.76. The molecule has 0 nitrogen and oxygen atoms in total. The molecule has 0 bridgehead atoms. The van der Waals surface area contributed by atoms with E-state index in [9.17, 15) is 0 Å². The monoisotopic (exact) mass is 326 g/mol. The van der Waals surface area contributed by atoms with Crippen LogP contribution < -0.4 is 0 Å². The van der Waals surface area contributed by atoms with E-state index in [2.05, 4.69) is 80.0 Å². The fourth-order valence-electron chi connectivity index (χ4n) is 3.29. The van der Waals surface area contributed by atoms with Gasteiger partial charge in [0.15, 0.2) is 0 Å². The number of fused-ring (bicyclic) bond motifs is 1. The molecular weight excluding hydrogens is 308 g/mol. The van der Waals surface area contributed by atoms with Crippen molar-refractivity contribution in [1.29, 1.82) is 0 Å². The second kappa shape index (κ2) is 4.89. The molecule has 1 unspecified atom stereocenters. The van der Waals surface area contributed by atoms with Crippen molar-refractivity contribution >= 4 is 22.0 Å². The van der Waals surface area contributed by atoms with Gasteiger partial charge in [-0.25, -0.2) is 0 Å². The maximum Gasteiger partial charge on any atom is 0.0260 e. The molecule has 0 heterocycles. The van der Waals surface area contributed by atoms with Gasteiger partial charge in [0, 0.05) is 4.47 Å². The molecule has 0 aliphatic heterocycles. The van der Waals surface area contributed by atoms with Gasteiger partial charge < -0.3 is 0 Å². The van der Waals surface area contributed by atoms with Crippen LogP contribution in [0.1, 0.15) is 40.7 Å². The first-order chi connectivity index (χ1) is 9.47. The second-order valence-electron chi connectivity index (χ2n) is 5.88. The van der Waals surface area contributed by atoms with Crippen molar-refractivity contribution in [3.05, 3.63) is 62.6 Å². The quantitative estimate of drug-likeness (QED) is 0.587. The van der Waals surface area contributed by atoms with E-state index in [-0.39, 0.29) is 0 Å². The van der Waals surface area contributed by atoms with Gasteiger partial charge in [0.2, 0.25) is 0 Å². The van der Waals surface area contributed by atoms with Gasteiger partial charge >= 0.3 is 0 Å². The Morgan fingerprint density at radius 3 is 2.25 bits per heavy atom. The van der Waals surface area contributed by atoms with Gasteiger partial charge in [-0.15, -0.1) is 0 Å².